The summed E-state index contributed by atoms with van der Waals surface area (Å²) in [5.41, 5.74) is 4.05. The molecule has 3 heteroatoms. The molecule has 2 aromatic rings. The fourth-order valence-electron chi connectivity index (χ4n) is 2.78. The summed E-state index contributed by atoms with van der Waals surface area (Å²) in [4.78, 5) is 25.3. The first-order chi connectivity index (χ1) is 10.5. The van der Waals surface area contributed by atoms with Crippen LogP contribution >= 0.6 is 0 Å². The number of rotatable bonds is 2. The molecule has 22 heavy (non-hydrogen) atoms. The molecule has 0 aliphatic heterocycles. The highest BCUT2D eigenvalue weighted by molar-refractivity contribution is 6.39. The molecule has 0 fully saturated rings. The highest BCUT2D eigenvalue weighted by atomic mass is 16.5. The van der Waals surface area contributed by atoms with Crippen molar-refractivity contribution in [2.45, 2.75) is 13.8 Å². The number of carbonyl (C=O) groups is 2. The second kappa shape index (κ2) is 5.26. The van der Waals surface area contributed by atoms with Gasteiger partial charge in [0.1, 0.15) is 5.75 Å². The summed E-state index contributed by atoms with van der Waals surface area (Å²) in [6.07, 6.45) is 1.43. The van der Waals surface area contributed by atoms with E-state index in [1.165, 1.54) is 13.2 Å². The van der Waals surface area contributed by atoms with Gasteiger partial charge in [0, 0.05) is 11.1 Å². The zero-order valence-corrected chi connectivity index (χ0v) is 12.8. The number of Topliss-reactive ketones (excluding diaryl/α,β-unsaturated/α-hetero) is 1. The minimum absolute atomic E-state index is 0.137. The summed E-state index contributed by atoms with van der Waals surface area (Å²) >= 11 is 0. The molecule has 1 aliphatic rings. The van der Waals surface area contributed by atoms with Crippen LogP contribution in [-0.4, -0.2) is 18.7 Å². The lowest BCUT2D eigenvalue weighted by atomic mass is 9.84. The molecule has 0 radical (unpaired) electrons. The third kappa shape index (κ3) is 2.15. The molecule has 0 heterocycles. The minimum Gasteiger partial charge on any atom is -0.496 e. The summed E-state index contributed by atoms with van der Waals surface area (Å²) in [6, 6.07) is 11.0. The van der Waals surface area contributed by atoms with Crippen molar-refractivity contribution >= 4 is 17.1 Å². The van der Waals surface area contributed by atoms with E-state index in [-0.39, 0.29) is 11.6 Å². The minimum atomic E-state index is -0.192. The van der Waals surface area contributed by atoms with Crippen LogP contribution in [0.2, 0.25) is 0 Å². The van der Waals surface area contributed by atoms with Gasteiger partial charge in [-0.05, 0) is 37.1 Å². The zero-order chi connectivity index (χ0) is 15.9. The summed E-state index contributed by atoms with van der Waals surface area (Å²) in [5.74, 6) is 0.109. The Morgan fingerprint density at radius 2 is 1.73 bits per heavy atom. The van der Waals surface area contributed by atoms with Gasteiger partial charge in [0.15, 0.2) is 11.6 Å². The average Bonchev–Trinajstić information content (AvgIpc) is 2.52. The molecule has 110 valence electrons. The SMILES string of the molecule is COc1cccc2c1C(=O)C=C(c1cc(C)ccc1C)C2=O. The Morgan fingerprint density at radius 3 is 2.45 bits per heavy atom. The predicted molar refractivity (Wildman–Crippen MR) is 85.5 cm³/mol. The van der Waals surface area contributed by atoms with E-state index >= 15 is 0 Å². The van der Waals surface area contributed by atoms with Gasteiger partial charge in [-0.1, -0.05) is 35.9 Å². The highest BCUT2D eigenvalue weighted by Crippen LogP contribution is 2.34. The largest absolute Gasteiger partial charge is 0.496 e. The molecule has 3 rings (SSSR count). The fourth-order valence-corrected chi connectivity index (χ4v) is 2.78. The Morgan fingerprint density at radius 1 is 0.955 bits per heavy atom. The summed E-state index contributed by atoms with van der Waals surface area (Å²) < 4.78 is 5.21. The number of methoxy groups -OCH3 is 1. The Bertz CT molecular complexity index is 829. The van der Waals surface area contributed by atoms with Gasteiger partial charge in [0.25, 0.3) is 0 Å². The first-order valence-corrected chi connectivity index (χ1v) is 7.08. The van der Waals surface area contributed by atoms with Crippen LogP contribution in [0, 0.1) is 13.8 Å². The average molecular weight is 292 g/mol. The molecule has 0 spiro atoms. The molecule has 0 amide bonds. The Kier molecular flexibility index (Phi) is 3.41. The number of aryl methyl sites for hydroxylation is 2. The maximum Gasteiger partial charge on any atom is 0.194 e. The number of hydrogen-bond donors (Lipinski definition) is 0. The molecule has 3 nitrogen and oxygen atoms in total. The molecule has 0 saturated heterocycles. The maximum atomic E-state index is 12.8. The van der Waals surface area contributed by atoms with E-state index < -0.39 is 0 Å². The van der Waals surface area contributed by atoms with Crippen LogP contribution < -0.4 is 4.74 Å². The van der Waals surface area contributed by atoms with Crippen LogP contribution in [0.3, 0.4) is 0 Å². The van der Waals surface area contributed by atoms with Crippen molar-refractivity contribution in [2.75, 3.05) is 7.11 Å². The number of hydrogen-bond acceptors (Lipinski definition) is 3. The van der Waals surface area contributed by atoms with Gasteiger partial charge >= 0.3 is 0 Å². The van der Waals surface area contributed by atoms with Crippen molar-refractivity contribution in [2.24, 2.45) is 0 Å². The van der Waals surface area contributed by atoms with Crippen LogP contribution in [-0.2, 0) is 0 Å². The molecule has 1 aliphatic carbocycles. The Hall–Kier alpha value is -2.68. The molecule has 0 bridgehead atoms. The number of ketones is 2. The van der Waals surface area contributed by atoms with E-state index in [0.717, 1.165) is 16.7 Å². The van der Waals surface area contributed by atoms with E-state index in [4.69, 9.17) is 4.74 Å². The molecule has 0 N–H and O–H groups in total. The first-order valence-electron chi connectivity index (χ1n) is 7.08. The molecular formula is C19H16O3. The van der Waals surface area contributed by atoms with Gasteiger partial charge in [0.2, 0.25) is 0 Å². The van der Waals surface area contributed by atoms with E-state index in [9.17, 15) is 9.59 Å². The van der Waals surface area contributed by atoms with E-state index in [1.807, 2.05) is 32.0 Å². The molecule has 0 atom stereocenters. The lowest BCUT2D eigenvalue weighted by Gasteiger charge is -2.19. The van der Waals surface area contributed by atoms with Gasteiger partial charge < -0.3 is 4.74 Å². The number of allylic oxidation sites excluding steroid dienone is 2. The van der Waals surface area contributed by atoms with Crippen LogP contribution in [0.25, 0.3) is 5.57 Å². The van der Waals surface area contributed by atoms with Crippen molar-refractivity contribution < 1.29 is 14.3 Å². The quantitative estimate of drug-likeness (QED) is 0.846. The highest BCUT2D eigenvalue weighted by Gasteiger charge is 2.29. The van der Waals surface area contributed by atoms with Crippen LogP contribution in [0.1, 0.15) is 37.4 Å². The predicted octanol–water partition coefficient (Wildman–Crippen LogP) is 3.77. The van der Waals surface area contributed by atoms with Crippen molar-refractivity contribution in [1.82, 2.24) is 0 Å². The van der Waals surface area contributed by atoms with Gasteiger partial charge in [-0.3, -0.25) is 9.59 Å². The monoisotopic (exact) mass is 292 g/mol. The lowest BCUT2D eigenvalue weighted by molar-refractivity contribution is 0.0999. The standard InChI is InChI=1S/C19H16O3/c1-11-7-8-12(2)14(9-11)15-10-16(20)18-13(19(15)21)5-4-6-17(18)22-3/h4-10H,1-3H3. The van der Waals surface area contributed by atoms with Crippen LogP contribution in [0.4, 0.5) is 0 Å². The van der Waals surface area contributed by atoms with Gasteiger partial charge in [-0.2, -0.15) is 0 Å². The molecule has 2 aromatic carbocycles. The van der Waals surface area contributed by atoms with Crippen molar-refractivity contribution in [1.29, 1.82) is 0 Å². The maximum absolute atomic E-state index is 12.8. The van der Waals surface area contributed by atoms with E-state index in [2.05, 4.69) is 0 Å². The topological polar surface area (TPSA) is 43.4 Å². The van der Waals surface area contributed by atoms with Gasteiger partial charge in [-0.15, -0.1) is 0 Å². The second-order valence-corrected chi connectivity index (χ2v) is 5.45. The molecule has 0 aromatic heterocycles. The molecule has 0 unspecified atom stereocenters. The number of fused-ring (bicyclic) bond motifs is 1. The van der Waals surface area contributed by atoms with Crippen molar-refractivity contribution in [3.05, 3.63) is 70.3 Å². The fraction of sp³-hybridized carbons (Fsp3) is 0.158. The Labute approximate surface area is 129 Å². The van der Waals surface area contributed by atoms with Crippen molar-refractivity contribution in [3.63, 3.8) is 0 Å². The zero-order valence-electron chi connectivity index (χ0n) is 12.8. The van der Waals surface area contributed by atoms with E-state index in [1.54, 1.807) is 18.2 Å². The third-order valence-electron chi connectivity index (χ3n) is 3.94. The van der Waals surface area contributed by atoms with E-state index in [0.29, 0.717) is 22.4 Å². The normalized spacial score (nSPS) is 13.7. The molecular weight excluding hydrogens is 276 g/mol. The van der Waals surface area contributed by atoms with Gasteiger partial charge in [-0.25, -0.2) is 0 Å². The lowest BCUT2D eigenvalue weighted by Crippen LogP contribution is -2.17. The number of benzene rings is 2. The first kappa shape index (κ1) is 14.3. The summed E-state index contributed by atoms with van der Waals surface area (Å²) in [5, 5.41) is 0. The summed E-state index contributed by atoms with van der Waals surface area (Å²) in [6.45, 7) is 3.91. The number of carbonyl (C=O) groups excluding carboxylic acids is 2. The third-order valence-corrected chi connectivity index (χ3v) is 3.94. The Balaban J connectivity index is 2.20. The molecule has 0 saturated carbocycles. The van der Waals surface area contributed by atoms with Gasteiger partial charge in [0.05, 0.1) is 12.7 Å². The van der Waals surface area contributed by atoms with Crippen LogP contribution in [0.15, 0.2) is 42.5 Å². The number of ether oxygens (including phenoxy) is 1. The smallest absolute Gasteiger partial charge is 0.194 e. The van der Waals surface area contributed by atoms with Crippen LogP contribution in [0.5, 0.6) is 5.75 Å². The second-order valence-electron chi connectivity index (χ2n) is 5.45. The van der Waals surface area contributed by atoms with Crippen molar-refractivity contribution in [3.8, 4) is 5.75 Å². The summed E-state index contributed by atoms with van der Waals surface area (Å²) in [7, 11) is 1.50.